The number of pyridine rings is 1. The van der Waals surface area contributed by atoms with Crippen LogP contribution in [0.15, 0.2) is 41.5 Å². The van der Waals surface area contributed by atoms with Crippen molar-refractivity contribution in [3.8, 4) is 5.75 Å². The maximum absolute atomic E-state index is 13.6. The van der Waals surface area contributed by atoms with Crippen LogP contribution in [0.5, 0.6) is 5.75 Å². The lowest BCUT2D eigenvalue weighted by Gasteiger charge is -2.15. The summed E-state index contributed by atoms with van der Waals surface area (Å²) < 4.78 is 43.1. The van der Waals surface area contributed by atoms with E-state index in [0.717, 1.165) is 5.56 Å². The van der Waals surface area contributed by atoms with E-state index in [1.54, 1.807) is 19.2 Å². The minimum Gasteiger partial charge on any atom is -0.434 e. The molecular formula is C17H20F3IN4O. The van der Waals surface area contributed by atoms with Crippen LogP contribution in [0, 0.1) is 12.7 Å². The van der Waals surface area contributed by atoms with E-state index in [4.69, 9.17) is 0 Å². The number of hydrogen-bond acceptors (Lipinski definition) is 3. The number of rotatable bonds is 6. The van der Waals surface area contributed by atoms with Crippen LogP contribution >= 0.6 is 24.0 Å². The fourth-order valence-corrected chi connectivity index (χ4v) is 2.17. The molecule has 0 unspecified atom stereocenters. The number of alkyl halides is 2. The van der Waals surface area contributed by atoms with Crippen LogP contribution < -0.4 is 15.4 Å². The minimum absolute atomic E-state index is 0. The maximum atomic E-state index is 13.6. The molecule has 0 amide bonds. The summed E-state index contributed by atoms with van der Waals surface area (Å²) in [6, 6.07) is 7.77. The lowest BCUT2D eigenvalue weighted by molar-refractivity contribution is -0.0504. The Hall–Kier alpha value is -2.04. The number of aliphatic imine (C=N–C) groups is 1. The van der Waals surface area contributed by atoms with Crippen LogP contribution in [0.1, 0.15) is 16.8 Å². The molecule has 1 aromatic carbocycles. The molecular weight excluding hydrogens is 460 g/mol. The topological polar surface area (TPSA) is 58.5 Å². The Morgan fingerprint density at radius 1 is 1.23 bits per heavy atom. The molecule has 1 heterocycles. The average molecular weight is 480 g/mol. The largest absolute Gasteiger partial charge is 0.434 e. The number of nitrogens with zero attached hydrogens (tertiary/aromatic N) is 2. The fourth-order valence-electron chi connectivity index (χ4n) is 2.17. The molecule has 142 valence electrons. The highest BCUT2D eigenvalue weighted by Gasteiger charge is 2.11. The highest BCUT2D eigenvalue weighted by molar-refractivity contribution is 14.0. The maximum Gasteiger partial charge on any atom is 0.387 e. The molecule has 26 heavy (non-hydrogen) atoms. The molecule has 0 aliphatic heterocycles. The van der Waals surface area contributed by atoms with Gasteiger partial charge in [0.25, 0.3) is 0 Å². The number of hydrogen-bond donors (Lipinski definition) is 2. The normalized spacial score (nSPS) is 11.1. The molecule has 2 N–H and O–H groups in total. The number of guanidine groups is 1. The van der Waals surface area contributed by atoms with Gasteiger partial charge in [-0.2, -0.15) is 8.78 Å². The van der Waals surface area contributed by atoms with E-state index in [1.807, 2.05) is 6.92 Å². The first-order chi connectivity index (χ1) is 12.0. The Kier molecular flexibility index (Phi) is 9.17. The molecule has 0 saturated carbocycles. The first-order valence-corrected chi connectivity index (χ1v) is 7.58. The van der Waals surface area contributed by atoms with Gasteiger partial charge < -0.3 is 15.4 Å². The van der Waals surface area contributed by atoms with Gasteiger partial charge in [0.05, 0.1) is 12.2 Å². The smallest absolute Gasteiger partial charge is 0.387 e. The molecule has 0 radical (unpaired) electrons. The summed E-state index contributed by atoms with van der Waals surface area (Å²) in [6.45, 7) is -0.688. The Morgan fingerprint density at radius 3 is 2.62 bits per heavy atom. The van der Waals surface area contributed by atoms with E-state index in [0.29, 0.717) is 11.5 Å². The second-order valence-corrected chi connectivity index (χ2v) is 5.20. The van der Waals surface area contributed by atoms with Gasteiger partial charge in [-0.3, -0.25) is 9.98 Å². The van der Waals surface area contributed by atoms with Crippen LogP contribution in [0.4, 0.5) is 13.2 Å². The molecule has 5 nitrogen and oxygen atoms in total. The van der Waals surface area contributed by atoms with E-state index in [-0.39, 0.29) is 48.5 Å². The fraction of sp³-hybridized carbons (Fsp3) is 0.294. The molecule has 0 aliphatic rings. The number of aromatic nitrogens is 1. The van der Waals surface area contributed by atoms with E-state index in [1.165, 1.54) is 24.4 Å². The Morgan fingerprint density at radius 2 is 1.96 bits per heavy atom. The van der Waals surface area contributed by atoms with Crippen LogP contribution in [-0.2, 0) is 13.1 Å². The summed E-state index contributed by atoms with van der Waals surface area (Å²) in [5.41, 5.74) is 1.73. The summed E-state index contributed by atoms with van der Waals surface area (Å²) in [5.74, 6) is 0.0608. The lowest BCUT2D eigenvalue weighted by Crippen LogP contribution is -2.36. The van der Waals surface area contributed by atoms with Gasteiger partial charge in [0.2, 0.25) is 0 Å². The average Bonchev–Trinajstić information content (AvgIpc) is 2.58. The van der Waals surface area contributed by atoms with Gasteiger partial charge >= 0.3 is 6.61 Å². The number of nitrogens with one attached hydrogen (secondary N) is 2. The highest BCUT2D eigenvalue weighted by atomic mass is 127. The summed E-state index contributed by atoms with van der Waals surface area (Å²) in [4.78, 5) is 7.95. The SMILES string of the molecule is CN=C(NCc1cc(C)ccc1OC(F)F)NCc1ncccc1F.I. The monoisotopic (exact) mass is 480 g/mol. The van der Waals surface area contributed by atoms with Gasteiger partial charge in [0, 0.05) is 25.4 Å². The molecule has 0 aliphatic carbocycles. The van der Waals surface area contributed by atoms with Crippen LogP contribution in [0.3, 0.4) is 0 Å². The van der Waals surface area contributed by atoms with Crippen molar-refractivity contribution in [3.05, 3.63) is 59.2 Å². The van der Waals surface area contributed by atoms with Crippen LogP contribution in [0.25, 0.3) is 0 Å². The molecule has 2 rings (SSSR count). The predicted molar refractivity (Wildman–Crippen MR) is 104 cm³/mol. The van der Waals surface area contributed by atoms with Crippen LogP contribution in [0.2, 0.25) is 0 Å². The first-order valence-electron chi connectivity index (χ1n) is 7.58. The molecule has 0 bridgehead atoms. The molecule has 9 heteroatoms. The van der Waals surface area contributed by atoms with Gasteiger partial charge in [-0.15, -0.1) is 24.0 Å². The quantitative estimate of drug-likeness (QED) is 0.377. The van der Waals surface area contributed by atoms with Gasteiger partial charge in [-0.05, 0) is 25.1 Å². The highest BCUT2D eigenvalue weighted by Crippen LogP contribution is 2.21. The van der Waals surface area contributed by atoms with Crippen molar-refractivity contribution in [2.75, 3.05) is 7.05 Å². The third-order valence-electron chi connectivity index (χ3n) is 3.36. The molecule has 2 aromatic rings. The number of benzene rings is 1. The molecule has 0 atom stereocenters. The van der Waals surface area contributed by atoms with Crippen LogP contribution in [-0.4, -0.2) is 24.6 Å². The van der Waals surface area contributed by atoms with Gasteiger partial charge in [0.15, 0.2) is 5.96 Å². The number of aryl methyl sites for hydroxylation is 1. The summed E-state index contributed by atoms with van der Waals surface area (Å²) >= 11 is 0. The summed E-state index contributed by atoms with van der Waals surface area (Å²) in [7, 11) is 1.55. The zero-order chi connectivity index (χ0) is 18.2. The molecule has 0 spiro atoms. The van der Waals surface area contributed by atoms with Crippen molar-refractivity contribution in [3.63, 3.8) is 0 Å². The molecule has 0 saturated heterocycles. The Balaban J connectivity index is 0.00000338. The zero-order valence-electron chi connectivity index (χ0n) is 14.3. The van der Waals surface area contributed by atoms with Crippen molar-refractivity contribution in [1.29, 1.82) is 0 Å². The first kappa shape index (κ1) is 22.0. The third kappa shape index (κ3) is 6.70. The Labute approximate surface area is 167 Å². The van der Waals surface area contributed by atoms with E-state index >= 15 is 0 Å². The second kappa shape index (κ2) is 10.8. The predicted octanol–water partition coefficient (Wildman–Crippen LogP) is 3.61. The molecule has 0 fully saturated rings. The second-order valence-electron chi connectivity index (χ2n) is 5.20. The van der Waals surface area contributed by atoms with E-state index < -0.39 is 12.4 Å². The van der Waals surface area contributed by atoms with Crippen molar-refractivity contribution >= 4 is 29.9 Å². The summed E-state index contributed by atoms with van der Waals surface area (Å²) in [5, 5.41) is 5.90. The van der Waals surface area contributed by atoms with Crippen molar-refractivity contribution in [2.45, 2.75) is 26.6 Å². The van der Waals surface area contributed by atoms with E-state index in [2.05, 4.69) is 25.3 Å². The van der Waals surface area contributed by atoms with Gasteiger partial charge in [-0.25, -0.2) is 4.39 Å². The summed E-state index contributed by atoms with van der Waals surface area (Å²) in [6.07, 6.45) is 1.50. The molecule has 1 aromatic heterocycles. The zero-order valence-corrected chi connectivity index (χ0v) is 16.6. The number of ether oxygens (including phenoxy) is 1. The third-order valence-corrected chi connectivity index (χ3v) is 3.36. The standard InChI is InChI=1S/C17H19F3N4O.HI/c1-11-5-6-15(25-16(19)20)12(8-11)9-23-17(21-2)24-10-14-13(18)4-3-7-22-14;/h3-8,16H,9-10H2,1-2H3,(H2,21,23,24);1H. The minimum atomic E-state index is -2.90. The van der Waals surface area contributed by atoms with Crippen molar-refractivity contribution in [2.24, 2.45) is 4.99 Å². The Bertz CT molecular complexity index is 744. The van der Waals surface area contributed by atoms with Gasteiger partial charge in [0.1, 0.15) is 11.6 Å². The van der Waals surface area contributed by atoms with Crippen molar-refractivity contribution < 1.29 is 17.9 Å². The lowest BCUT2D eigenvalue weighted by atomic mass is 10.1. The number of halogens is 4. The van der Waals surface area contributed by atoms with E-state index in [9.17, 15) is 13.2 Å². The van der Waals surface area contributed by atoms with Gasteiger partial charge in [-0.1, -0.05) is 17.7 Å². The van der Waals surface area contributed by atoms with Crippen molar-refractivity contribution in [1.82, 2.24) is 15.6 Å².